The third-order valence-electron chi connectivity index (χ3n) is 2.61. The molecular formula is C13H14N2O3S. The monoisotopic (exact) mass is 278 g/mol. The number of fused-ring (bicyclic) bond motifs is 1. The zero-order chi connectivity index (χ0) is 13.8. The van der Waals surface area contributed by atoms with Crippen LogP contribution in [-0.2, 0) is 4.74 Å². The summed E-state index contributed by atoms with van der Waals surface area (Å²) in [5, 5.41) is 2.62. The molecule has 0 fully saturated rings. The summed E-state index contributed by atoms with van der Waals surface area (Å²) in [6.07, 6.45) is 1.37. The van der Waals surface area contributed by atoms with E-state index < -0.39 is 6.09 Å². The Morgan fingerprint density at radius 3 is 3.11 bits per heavy atom. The molecule has 0 bridgehead atoms. The third-order valence-corrected chi connectivity index (χ3v) is 3.73. The Hall–Kier alpha value is -1.95. The maximum atomic E-state index is 11.9. The molecule has 19 heavy (non-hydrogen) atoms. The van der Waals surface area contributed by atoms with Gasteiger partial charge in [-0.2, -0.15) is 0 Å². The van der Waals surface area contributed by atoms with E-state index in [2.05, 4.69) is 11.9 Å². The van der Waals surface area contributed by atoms with Crippen LogP contribution in [0.2, 0.25) is 0 Å². The van der Waals surface area contributed by atoms with Crippen molar-refractivity contribution >= 4 is 35.0 Å². The molecule has 0 aromatic heterocycles. The summed E-state index contributed by atoms with van der Waals surface area (Å²) in [7, 11) is 0. The van der Waals surface area contributed by atoms with Crippen LogP contribution >= 0.6 is 11.8 Å². The quantitative estimate of drug-likeness (QED) is 0.656. The van der Waals surface area contributed by atoms with Crippen LogP contribution in [0.4, 0.5) is 16.2 Å². The molecule has 100 valence electrons. The van der Waals surface area contributed by atoms with Crippen LogP contribution in [0.5, 0.6) is 0 Å². The fourth-order valence-electron chi connectivity index (χ4n) is 1.79. The largest absolute Gasteiger partial charge is 0.445 e. The number of ketones is 1. The van der Waals surface area contributed by atoms with E-state index in [9.17, 15) is 9.59 Å². The number of anilines is 2. The highest BCUT2D eigenvalue weighted by atomic mass is 32.2. The van der Waals surface area contributed by atoms with Crippen molar-refractivity contribution in [2.75, 3.05) is 23.4 Å². The summed E-state index contributed by atoms with van der Waals surface area (Å²) >= 11 is 1.51. The summed E-state index contributed by atoms with van der Waals surface area (Å²) < 4.78 is 4.85. The lowest BCUT2D eigenvalue weighted by Crippen LogP contribution is -2.17. The first-order chi connectivity index (χ1) is 9.13. The van der Waals surface area contributed by atoms with Gasteiger partial charge < -0.3 is 10.5 Å². The van der Waals surface area contributed by atoms with E-state index in [-0.39, 0.29) is 12.4 Å². The molecule has 0 atom stereocenters. The minimum atomic E-state index is -0.578. The third kappa shape index (κ3) is 2.90. The first kappa shape index (κ1) is 13.5. The van der Waals surface area contributed by atoms with Gasteiger partial charge in [0.05, 0.1) is 11.3 Å². The second-order valence-corrected chi connectivity index (χ2v) is 5.05. The molecule has 6 heteroatoms. The van der Waals surface area contributed by atoms with Crippen molar-refractivity contribution in [1.82, 2.24) is 0 Å². The second kappa shape index (κ2) is 5.79. The molecule has 1 aliphatic heterocycles. The van der Waals surface area contributed by atoms with Crippen LogP contribution in [0, 0.1) is 0 Å². The van der Waals surface area contributed by atoms with Gasteiger partial charge in [0.25, 0.3) is 0 Å². The van der Waals surface area contributed by atoms with Gasteiger partial charge in [0, 0.05) is 22.8 Å². The minimum Gasteiger partial charge on any atom is -0.445 e. The Morgan fingerprint density at radius 1 is 1.58 bits per heavy atom. The van der Waals surface area contributed by atoms with Crippen molar-refractivity contribution in [3.05, 3.63) is 30.4 Å². The normalized spacial score (nSPS) is 13.6. The molecule has 0 saturated carbocycles. The Balaban J connectivity index is 2.27. The fraction of sp³-hybridized carbons (Fsp3) is 0.231. The van der Waals surface area contributed by atoms with Crippen molar-refractivity contribution in [3.8, 4) is 0 Å². The zero-order valence-corrected chi connectivity index (χ0v) is 11.1. The molecule has 1 aliphatic rings. The van der Waals surface area contributed by atoms with Crippen LogP contribution in [0.3, 0.4) is 0 Å². The number of carbonyl (C=O) groups excluding carboxylic acids is 2. The van der Waals surface area contributed by atoms with E-state index in [0.717, 1.165) is 0 Å². The van der Waals surface area contributed by atoms with E-state index in [1.54, 1.807) is 12.1 Å². The molecule has 0 unspecified atom stereocenters. The Labute approximate surface area is 115 Å². The summed E-state index contributed by atoms with van der Waals surface area (Å²) in [5.41, 5.74) is 7.31. The highest BCUT2D eigenvalue weighted by Gasteiger charge is 2.24. The van der Waals surface area contributed by atoms with Gasteiger partial charge in [0.2, 0.25) is 0 Å². The lowest BCUT2D eigenvalue weighted by atomic mass is 10.1. The number of nitrogens with two attached hydrogens (primary N) is 1. The lowest BCUT2D eigenvalue weighted by Gasteiger charge is -2.19. The molecule has 2 rings (SSSR count). The first-order valence-corrected chi connectivity index (χ1v) is 6.75. The average molecular weight is 278 g/mol. The van der Waals surface area contributed by atoms with Crippen molar-refractivity contribution in [2.45, 2.75) is 11.3 Å². The number of carbonyl (C=O) groups is 2. The molecule has 0 aliphatic carbocycles. The van der Waals surface area contributed by atoms with Crippen molar-refractivity contribution in [3.63, 3.8) is 0 Å². The maximum Gasteiger partial charge on any atom is 0.411 e. The Kier molecular flexibility index (Phi) is 4.11. The highest BCUT2D eigenvalue weighted by Crippen LogP contribution is 2.39. The van der Waals surface area contributed by atoms with Crippen LogP contribution in [0.15, 0.2) is 29.7 Å². The summed E-state index contributed by atoms with van der Waals surface area (Å²) in [4.78, 5) is 24.1. The molecule has 1 heterocycles. The van der Waals surface area contributed by atoms with Crippen molar-refractivity contribution < 1.29 is 14.3 Å². The van der Waals surface area contributed by atoms with Gasteiger partial charge in [-0.05, 0) is 12.1 Å². The van der Waals surface area contributed by atoms with Crippen molar-refractivity contribution in [2.24, 2.45) is 0 Å². The summed E-state index contributed by atoms with van der Waals surface area (Å²) in [6, 6.07) is 3.29. The molecule has 3 N–H and O–H groups in total. The number of nitrogens with one attached hydrogen (secondary N) is 1. The predicted molar refractivity (Wildman–Crippen MR) is 75.7 cm³/mol. The topological polar surface area (TPSA) is 81.4 Å². The highest BCUT2D eigenvalue weighted by molar-refractivity contribution is 7.99. The number of benzene rings is 1. The lowest BCUT2D eigenvalue weighted by molar-refractivity contribution is 0.0985. The number of ether oxygens (including phenoxy) is 1. The van der Waals surface area contributed by atoms with Gasteiger partial charge in [-0.3, -0.25) is 10.1 Å². The number of rotatable bonds is 3. The van der Waals surface area contributed by atoms with E-state index >= 15 is 0 Å². The van der Waals surface area contributed by atoms with Crippen LogP contribution in [0.1, 0.15) is 16.8 Å². The van der Waals surface area contributed by atoms with Crippen LogP contribution < -0.4 is 11.1 Å². The van der Waals surface area contributed by atoms with Crippen LogP contribution in [0.25, 0.3) is 0 Å². The number of nitrogen functional groups attached to an aromatic ring is 1. The summed E-state index contributed by atoms with van der Waals surface area (Å²) in [5.74, 6) is 0.695. The number of amides is 1. The Bertz CT molecular complexity index is 543. The zero-order valence-electron chi connectivity index (χ0n) is 10.3. The van der Waals surface area contributed by atoms with E-state index in [4.69, 9.17) is 10.5 Å². The molecule has 5 nitrogen and oxygen atoms in total. The molecule has 1 aromatic carbocycles. The van der Waals surface area contributed by atoms with Gasteiger partial charge in [0.1, 0.15) is 6.61 Å². The van der Waals surface area contributed by atoms with Crippen molar-refractivity contribution in [1.29, 1.82) is 0 Å². The molecular weight excluding hydrogens is 264 g/mol. The van der Waals surface area contributed by atoms with Gasteiger partial charge in [-0.15, -0.1) is 11.8 Å². The van der Waals surface area contributed by atoms with Gasteiger partial charge in [-0.1, -0.05) is 12.7 Å². The Morgan fingerprint density at radius 2 is 2.37 bits per heavy atom. The van der Waals surface area contributed by atoms with E-state index in [1.165, 1.54) is 17.8 Å². The number of thioether (sulfide) groups is 1. The average Bonchev–Trinajstić information content (AvgIpc) is 2.40. The first-order valence-electron chi connectivity index (χ1n) is 5.76. The molecule has 1 aromatic rings. The molecule has 0 radical (unpaired) electrons. The number of hydrogen-bond acceptors (Lipinski definition) is 5. The van der Waals surface area contributed by atoms with E-state index in [0.29, 0.717) is 34.0 Å². The maximum absolute atomic E-state index is 11.9. The van der Waals surface area contributed by atoms with Gasteiger partial charge in [0.15, 0.2) is 5.78 Å². The smallest absolute Gasteiger partial charge is 0.411 e. The SMILES string of the molecule is C=CCOC(=O)Nc1ccc(N)c2c1SCCC2=O. The molecule has 1 amide bonds. The predicted octanol–water partition coefficient (Wildman–Crippen LogP) is 2.68. The standard InChI is InChI=1S/C13H14N2O3S/c1-2-6-18-13(17)15-9-4-3-8(14)11-10(16)5-7-19-12(9)11/h2-4H,1,5-7,14H2,(H,15,17). The van der Waals surface area contributed by atoms with Gasteiger partial charge >= 0.3 is 6.09 Å². The fourth-order valence-corrected chi connectivity index (χ4v) is 2.93. The number of hydrogen-bond donors (Lipinski definition) is 2. The number of Topliss-reactive ketones (excluding diaryl/α,β-unsaturated/α-hetero) is 1. The molecule has 0 spiro atoms. The van der Waals surface area contributed by atoms with Crippen LogP contribution in [-0.4, -0.2) is 24.2 Å². The summed E-state index contributed by atoms with van der Waals surface area (Å²) in [6.45, 7) is 3.60. The van der Waals surface area contributed by atoms with Gasteiger partial charge in [-0.25, -0.2) is 4.79 Å². The molecule has 0 saturated heterocycles. The second-order valence-electron chi connectivity index (χ2n) is 3.94. The van der Waals surface area contributed by atoms with E-state index in [1.807, 2.05) is 0 Å². The minimum absolute atomic E-state index is 0.00867.